The molecule has 1 atom stereocenters. The van der Waals surface area contributed by atoms with Crippen LogP contribution in [0.25, 0.3) is 0 Å². The Balaban J connectivity index is 2.09. The number of amides is 1. The van der Waals surface area contributed by atoms with Gasteiger partial charge < -0.3 is 4.90 Å². The first-order chi connectivity index (χ1) is 9.49. The Morgan fingerprint density at radius 2 is 2.05 bits per heavy atom. The van der Waals surface area contributed by atoms with Crippen LogP contribution in [-0.4, -0.2) is 23.9 Å². The Morgan fingerprint density at radius 1 is 1.30 bits per heavy atom. The van der Waals surface area contributed by atoms with Gasteiger partial charge in [0.05, 0.1) is 5.56 Å². The first-order valence-electron chi connectivity index (χ1n) is 7.54. The van der Waals surface area contributed by atoms with Crippen LogP contribution < -0.4 is 0 Å². The van der Waals surface area contributed by atoms with Crippen molar-refractivity contribution in [2.24, 2.45) is 11.8 Å². The molecular formula is C17H24BrNO. The van der Waals surface area contributed by atoms with E-state index >= 15 is 0 Å². The summed E-state index contributed by atoms with van der Waals surface area (Å²) < 4.78 is 0.909. The molecular weight excluding hydrogens is 314 g/mol. The van der Waals surface area contributed by atoms with Gasteiger partial charge in [-0.1, -0.05) is 19.9 Å². The predicted molar refractivity (Wildman–Crippen MR) is 87.0 cm³/mol. The largest absolute Gasteiger partial charge is 0.339 e. The van der Waals surface area contributed by atoms with Crippen LogP contribution in [0.15, 0.2) is 22.7 Å². The number of aryl methyl sites for hydroxylation is 1. The maximum atomic E-state index is 12.7. The zero-order valence-corrected chi connectivity index (χ0v) is 14.2. The maximum Gasteiger partial charge on any atom is 0.254 e. The Bertz CT molecular complexity index is 484. The number of hydrogen-bond acceptors (Lipinski definition) is 1. The summed E-state index contributed by atoms with van der Waals surface area (Å²) in [7, 11) is 0. The Labute approximate surface area is 130 Å². The summed E-state index contributed by atoms with van der Waals surface area (Å²) in [5.74, 6) is 1.65. The van der Waals surface area contributed by atoms with Gasteiger partial charge in [0.1, 0.15) is 0 Å². The van der Waals surface area contributed by atoms with Crippen molar-refractivity contribution in [3.8, 4) is 0 Å². The van der Waals surface area contributed by atoms with Crippen molar-refractivity contribution in [1.82, 2.24) is 4.90 Å². The molecule has 0 aliphatic carbocycles. The molecule has 0 N–H and O–H groups in total. The third kappa shape index (κ3) is 3.63. The van der Waals surface area contributed by atoms with Crippen molar-refractivity contribution in [3.05, 3.63) is 33.8 Å². The molecule has 0 saturated carbocycles. The number of carbonyl (C=O) groups excluding carboxylic acids is 1. The van der Waals surface area contributed by atoms with Gasteiger partial charge in [0, 0.05) is 17.6 Å². The third-order valence-corrected chi connectivity index (χ3v) is 5.01. The summed E-state index contributed by atoms with van der Waals surface area (Å²) in [5.41, 5.74) is 1.96. The molecule has 1 aliphatic rings. The number of carbonyl (C=O) groups is 1. The monoisotopic (exact) mass is 337 g/mol. The Morgan fingerprint density at radius 3 is 2.70 bits per heavy atom. The lowest BCUT2D eigenvalue weighted by Crippen LogP contribution is -2.32. The van der Waals surface area contributed by atoms with E-state index < -0.39 is 0 Å². The minimum atomic E-state index is 0.168. The average molecular weight is 338 g/mol. The molecule has 1 aliphatic heterocycles. The van der Waals surface area contributed by atoms with Crippen molar-refractivity contribution in [3.63, 3.8) is 0 Å². The van der Waals surface area contributed by atoms with Crippen molar-refractivity contribution < 1.29 is 4.79 Å². The number of halogens is 1. The summed E-state index contributed by atoms with van der Waals surface area (Å²) in [6, 6.07) is 5.96. The summed E-state index contributed by atoms with van der Waals surface area (Å²) in [5, 5.41) is 0. The van der Waals surface area contributed by atoms with Crippen LogP contribution in [-0.2, 0) is 0 Å². The van der Waals surface area contributed by atoms with E-state index in [0.29, 0.717) is 0 Å². The normalized spacial score (nSPS) is 20.1. The van der Waals surface area contributed by atoms with Crippen LogP contribution in [0.1, 0.15) is 49.0 Å². The van der Waals surface area contributed by atoms with Crippen molar-refractivity contribution in [1.29, 1.82) is 0 Å². The first kappa shape index (κ1) is 15.6. The molecule has 0 aromatic heterocycles. The highest BCUT2D eigenvalue weighted by Gasteiger charge is 2.24. The van der Waals surface area contributed by atoms with E-state index in [4.69, 9.17) is 0 Å². The second kappa shape index (κ2) is 6.75. The number of nitrogens with zero attached hydrogens (tertiary/aromatic N) is 1. The van der Waals surface area contributed by atoms with E-state index in [1.165, 1.54) is 12.0 Å². The van der Waals surface area contributed by atoms with Gasteiger partial charge in [-0.15, -0.1) is 0 Å². The Hall–Kier alpha value is -0.830. The molecule has 2 rings (SSSR count). The molecule has 20 heavy (non-hydrogen) atoms. The minimum absolute atomic E-state index is 0.168. The smallest absolute Gasteiger partial charge is 0.254 e. The summed E-state index contributed by atoms with van der Waals surface area (Å²) >= 11 is 3.52. The Kier molecular flexibility index (Phi) is 5.25. The molecule has 2 nitrogen and oxygen atoms in total. The zero-order chi connectivity index (χ0) is 14.7. The number of benzene rings is 1. The van der Waals surface area contributed by atoms with Crippen LogP contribution in [0.3, 0.4) is 0 Å². The molecule has 0 radical (unpaired) electrons. The molecule has 1 amide bonds. The summed E-state index contributed by atoms with van der Waals surface area (Å²) in [6.45, 7) is 8.40. The fourth-order valence-electron chi connectivity index (χ4n) is 2.96. The molecule has 1 unspecified atom stereocenters. The number of rotatable bonds is 2. The van der Waals surface area contributed by atoms with Crippen LogP contribution in [0.2, 0.25) is 0 Å². The standard InChI is InChI=1S/C17H24BrNO/c1-12(2)14-5-4-9-19(10-8-14)17(20)15-7-6-13(3)11-16(15)18/h6-7,11-12,14H,4-5,8-10H2,1-3H3. The van der Waals surface area contributed by atoms with E-state index in [9.17, 15) is 4.79 Å². The highest BCUT2D eigenvalue weighted by molar-refractivity contribution is 9.10. The second-order valence-corrected chi connectivity index (χ2v) is 7.06. The molecule has 1 saturated heterocycles. The summed E-state index contributed by atoms with van der Waals surface area (Å²) in [4.78, 5) is 14.7. The highest BCUT2D eigenvalue weighted by atomic mass is 79.9. The predicted octanol–water partition coefficient (Wildman–Crippen LogP) is 4.66. The van der Waals surface area contributed by atoms with E-state index in [1.807, 2.05) is 30.0 Å². The maximum absolute atomic E-state index is 12.7. The minimum Gasteiger partial charge on any atom is -0.339 e. The van der Waals surface area contributed by atoms with Gasteiger partial charge in [0.25, 0.3) is 5.91 Å². The average Bonchev–Trinajstić information content (AvgIpc) is 2.63. The van der Waals surface area contributed by atoms with Crippen LogP contribution in [0, 0.1) is 18.8 Å². The highest BCUT2D eigenvalue weighted by Crippen LogP contribution is 2.26. The van der Waals surface area contributed by atoms with Crippen molar-refractivity contribution in [2.75, 3.05) is 13.1 Å². The fraction of sp³-hybridized carbons (Fsp3) is 0.588. The third-order valence-electron chi connectivity index (χ3n) is 4.36. The van der Waals surface area contributed by atoms with Gasteiger partial charge in [-0.25, -0.2) is 0 Å². The topological polar surface area (TPSA) is 20.3 Å². The van der Waals surface area contributed by atoms with Gasteiger partial charge in [-0.3, -0.25) is 4.79 Å². The first-order valence-corrected chi connectivity index (χ1v) is 8.33. The molecule has 1 aromatic rings. The van der Waals surface area contributed by atoms with Gasteiger partial charge in [0.15, 0.2) is 0 Å². The molecule has 3 heteroatoms. The lowest BCUT2D eigenvalue weighted by atomic mass is 9.89. The van der Waals surface area contributed by atoms with Crippen LogP contribution >= 0.6 is 15.9 Å². The van der Waals surface area contributed by atoms with Crippen molar-refractivity contribution >= 4 is 21.8 Å². The molecule has 1 fully saturated rings. The van der Waals surface area contributed by atoms with E-state index in [1.54, 1.807) is 0 Å². The number of likely N-dealkylation sites (tertiary alicyclic amines) is 1. The quantitative estimate of drug-likeness (QED) is 0.768. The van der Waals surface area contributed by atoms with Gasteiger partial charge in [-0.05, 0) is 71.6 Å². The second-order valence-electron chi connectivity index (χ2n) is 6.21. The lowest BCUT2D eigenvalue weighted by molar-refractivity contribution is 0.0758. The molecule has 1 heterocycles. The van der Waals surface area contributed by atoms with Gasteiger partial charge in [-0.2, -0.15) is 0 Å². The van der Waals surface area contributed by atoms with Crippen LogP contribution in [0.4, 0.5) is 0 Å². The fourth-order valence-corrected chi connectivity index (χ4v) is 3.62. The summed E-state index contributed by atoms with van der Waals surface area (Å²) in [6.07, 6.45) is 3.50. The SMILES string of the molecule is Cc1ccc(C(=O)N2CCCC(C(C)C)CC2)c(Br)c1. The lowest BCUT2D eigenvalue weighted by Gasteiger charge is -2.22. The van der Waals surface area contributed by atoms with Gasteiger partial charge >= 0.3 is 0 Å². The van der Waals surface area contributed by atoms with Crippen LogP contribution in [0.5, 0.6) is 0 Å². The molecule has 0 spiro atoms. The number of hydrogen-bond donors (Lipinski definition) is 0. The van der Waals surface area contributed by atoms with Gasteiger partial charge in [0.2, 0.25) is 0 Å². The molecule has 0 bridgehead atoms. The van der Waals surface area contributed by atoms with Crippen molar-refractivity contribution in [2.45, 2.75) is 40.0 Å². The van der Waals surface area contributed by atoms with E-state index in [-0.39, 0.29) is 5.91 Å². The molecule has 1 aromatic carbocycles. The molecule has 110 valence electrons. The zero-order valence-electron chi connectivity index (χ0n) is 12.7. The van der Waals surface area contributed by atoms with E-state index in [0.717, 1.165) is 47.8 Å². The van der Waals surface area contributed by atoms with E-state index in [2.05, 4.69) is 29.8 Å².